The largest absolute Gasteiger partial charge is 0.384 e. The number of amides is 1. The molecule has 0 fully saturated rings. The molecule has 0 spiro atoms. The normalized spacial score (nSPS) is 11.9. The van der Waals surface area contributed by atoms with Crippen molar-refractivity contribution in [2.45, 2.75) is 26.3 Å². The molecular weight excluding hydrogens is 250 g/mol. The first-order chi connectivity index (χ1) is 9.54. The predicted molar refractivity (Wildman–Crippen MR) is 80.5 cm³/mol. The van der Waals surface area contributed by atoms with E-state index in [9.17, 15) is 4.79 Å². The summed E-state index contributed by atoms with van der Waals surface area (Å²) >= 11 is 0. The van der Waals surface area contributed by atoms with Gasteiger partial charge in [-0.2, -0.15) is 0 Å². The third-order valence-electron chi connectivity index (χ3n) is 3.00. The van der Waals surface area contributed by atoms with E-state index in [1.807, 2.05) is 32.0 Å². The molecule has 0 saturated heterocycles. The van der Waals surface area contributed by atoms with Gasteiger partial charge in [0.25, 0.3) is 5.91 Å². The molecule has 1 atom stereocenters. The molecule has 1 aromatic heterocycles. The number of benzene rings is 1. The summed E-state index contributed by atoms with van der Waals surface area (Å²) in [5.74, 6) is 0.247. The zero-order valence-corrected chi connectivity index (χ0v) is 11.8. The van der Waals surface area contributed by atoms with Gasteiger partial charge in [-0.25, -0.2) is 4.98 Å². The third-order valence-corrected chi connectivity index (χ3v) is 3.00. The minimum Gasteiger partial charge on any atom is -0.384 e. The summed E-state index contributed by atoms with van der Waals surface area (Å²) in [4.78, 5) is 16.2. The Morgan fingerprint density at radius 3 is 2.65 bits per heavy atom. The van der Waals surface area contributed by atoms with E-state index in [1.54, 1.807) is 12.1 Å². The summed E-state index contributed by atoms with van der Waals surface area (Å²) in [6.45, 7) is 3.81. The van der Waals surface area contributed by atoms with Crippen LogP contribution in [0.15, 0.2) is 42.5 Å². The molecule has 0 aliphatic rings. The Morgan fingerprint density at radius 2 is 2.00 bits per heavy atom. The van der Waals surface area contributed by atoms with Crippen LogP contribution in [-0.2, 0) is 6.42 Å². The Labute approximate surface area is 119 Å². The van der Waals surface area contributed by atoms with Crippen LogP contribution in [0.5, 0.6) is 0 Å². The Hall–Kier alpha value is -2.36. The van der Waals surface area contributed by atoms with Crippen LogP contribution < -0.4 is 11.1 Å². The zero-order chi connectivity index (χ0) is 14.5. The molecule has 20 heavy (non-hydrogen) atoms. The topological polar surface area (TPSA) is 68.0 Å². The van der Waals surface area contributed by atoms with Crippen LogP contribution in [-0.4, -0.2) is 16.9 Å². The summed E-state index contributed by atoms with van der Waals surface area (Å²) in [5.41, 5.74) is 8.15. The standard InChI is InChI=1S/C16H19N3O/c1-11(8-13-6-4-3-5-7-13)19-16(20)14-9-12(2)18-15(17)10-14/h3-7,9-11H,8H2,1-2H3,(H2,17,18)(H,19,20). The van der Waals surface area contributed by atoms with Gasteiger partial charge in [0.2, 0.25) is 0 Å². The maximum Gasteiger partial charge on any atom is 0.251 e. The average molecular weight is 269 g/mol. The van der Waals surface area contributed by atoms with Gasteiger partial charge in [-0.05, 0) is 38.0 Å². The van der Waals surface area contributed by atoms with Crippen LogP contribution in [0.1, 0.15) is 28.5 Å². The molecule has 104 valence electrons. The molecule has 0 saturated carbocycles. The number of pyridine rings is 1. The van der Waals surface area contributed by atoms with Crippen LogP contribution in [0.25, 0.3) is 0 Å². The van der Waals surface area contributed by atoms with E-state index in [4.69, 9.17) is 5.73 Å². The van der Waals surface area contributed by atoms with Gasteiger partial charge in [0.15, 0.2) is 0 Å². The number of hydrogen-bond donors (Lipinski definition) is 2. The molecule has 1 unspecified atom stereocenters. The van der Waals surface area contributed by atoms with Gasteiger partial charge >= 0.3 is 0 Å². The number of carbonyl (C=O) groups excluding carboxylic acids is 1. The molecule has 0 aliphatic heterocycles. The number of aryl methyl sites for hydroxylation is 1. The molecule has 4 heteroatoms. The average Bonchev–Trinajstić information content (AvgIpc) is 2.38. The van der Waals surface area contributed by atoms with E-state index in [0.29, 0.717) is 11.4 Å². The number of rotatable bonds is 4. The van der Waals surface area contributed by atoms with Gasteiger partial charge in [-0.15, -0.1) is 0 Å². The lowest BCUT2D eigenvalue weighted by Crippen LogP contribution is -2.34. The van der Waals surface area contributed by atoms with E-state index < -0.39 is 0 Å². The number of nitrogens with one attached hydrogen (secondary N) is 1. The second-order valence-electron chi connectivity index (χ2n) is 4.99. The van der Waals surface area contributed by atoms with E-state index in [-0.39, 0.29) is 11.9 Å². The molecule has 2 rings (SSSR count). The van der Waals surface area contributed by atoms with Gasteiger partial charge in [0.05, 0.1) is 0 Å². The first-order valence-corrected chi connectivity index (χ1v) is 6.63. The summed E-state index contributed by atoms with van der Waals surface area (Å²) in [7, 11) is 0. The van der Waals surface area contributed by atoms with Crippen LogP contribution in [0.3, 0.4) is 0 Å². The monoisotopic (exact) mass is 269 g/mol. The van der Waals surface area contributed by atoms with Crippen molar-refractivity contribution in [3.05, 3.63) is 59.3 Å². The molecular formula is C16H19N3O. The fourth-order valence-electron chi connectivity index (χ4n) is 2.15. The lowest BCUT2D eigenvalue weighted by atomic mass is 10.1. The molecule has 4 nitrogen and oxygen atoms in total. The highest BCUT2D eigenvalue weighted by Crippen LogP contribution is 2.08. The highest BCUT2D eigenvalue weighted by Gasteiger charge is 2.11. The van der Waals surface area contributed by atoms with E-state index in [1.165, 1.54) is 5.56 Å². The highest BCUT2D eigenvalue weighted by molar-refractivity contribution is 5.95. The number of nitrogens with two attached hydrogens (primary N) is 1. The molecule has 0 aliphatic carbocycles. The van der Waals surface area contributed by atoms with Crippen LogP contribution in [0.2, 0.25) is 0 Å². The molecule has 2 aromatic rings. The highest BCUT2D eigenvalue weighted by atomic mass is 16.1. The molecule has 0 bridgehead atoms. The molecule has 3 N–H and O–H groups in total. The Morgan fingerprint density at radius 1 is 1.30 bits per heavy atom. The molecule has 1 heterocycles. The second kappa shape index (κ2) is 6.19. The van der Waals surface area contributed by atoms with Crippen molar-refractivity contribution >= 4 is 11.7 Å². The second-order valence-corrected chi connectivity index (χ2v) is 4.99. The maximum atomic E-state index is 12.2. The number of aromatic nitrogens is 1. The molecule has 1 aromatic carbocycles. The van der Waals surface area contributed by atoms with Crippen LogP contribution >= 0.6 is 0 Å². The Kier molecular flexibility index (Phi) is 4.35. The minimum absolute atomic E-state index is 0.0552. The summed E-state index contributed by atoms with van der Waals surface area (Å²) in [6.07, 6.45) is 0.798. The van der Waals surface area contributed by atoms with Crippen molar-refractivity contribution in [1.29, 1.82) is 0 Å². The molecule has 1 amide bonds. The van der Waals surface area contributed by atoms with Gasteiger partial charge < -0.3 is 11.1 Å². The quantitative estimate of drug-likeness (QED) is 0.895. The van der Waals surface area contributed by atoms with Crippen LogP contribution in [0.4, 0.5) is 5.82 Å². The van der Waals surface area contributed by atoms with Gasteiger partial charge in [0.1, 0.15) is 5.82 Å². The third kappa shape index (κ3) is 3.82. The van der Waals surface area contributed by atoms with Crippen molar-refractivity contribution in [1.82, 2.24) is 10.3 Å². The predicted octanol–water partition coefficient (Wildman–Crippen LogP) is 2.33. The van der Waals surface area contributed by atoms with Crippen molar-refractivity contribution in [2.24, 2.45) is 0 Å². The van der Waals surface area contributed by atoms with E-state index in [0.717, 1.165) is 12.1 Å². The number of nitrogen functional groups attached to an aromatic ring is 1. The lowest BCUT2D eigenvalue weighted by molar-refractivity contribution is 0.0940. The SMILES string of the molecule is Cc1cc(C(=O)NC(C)Cc2ccccc2)cc(N)n1. The summed E-state index contributed by atoms with van der Waals surface area (Å²) in [6, 6.07) is 13.5. The fourth-order valence-corrected chi connectivity index (χ4v) is 2.15. The van der Waals surface area contributed by atoms with Crippen molar-refractivity contribution in [3.8, 4) is 0 Å². The minimum atomic E-state index is -0.120. The first-order valence-electron chi connectivity index (χ1n) is 6.63. The lowest BCUT2D eigenvalue weighted by Gasteiger charge is -2.14. The van der Waals surface area contributed by atoms with Gasteiger partial charge in [-0.3, -0.25) is 4.79 Å². The molecule has 0 radical (unpaired) electrons. The summed E-state index contributed by atoms with van der Waals surface area (Å²) < 4.78 is 0. The van der Waals surface area contributed by atoms with Gasteiger partial charge in [-0.1, -0.05) is 30.3 Å². The van der Waals surface area contributed by atoms with E-state index in [2.05, 4.69) is 22.4 Å². The Balaban J connectivity index is 2.00. The Bertz CT molecular complexity index is 576. The number of hydrogen-bond acceptors (Lipinski definition) is 3. The number of anilines is 1. The zero-order valence-electron chi connectivity index (χ0n) is 11.8. The fraction of sp³-hybridized carbons (Fsp3) is 0.250. The van der Waals surface area contributed by atoms with Crippen LogP contribution in [0, 0.1) is 6.92 Å². The number of nitrogens with zero attached hydrogens (tertiary/aromatic N) is 1. The number of carbonyl (C=O) groups is 1. The van der Waals surface area contributed by atoms with Crippen molar-refractivity contribution in [3.63, 3.8) is 0 Å². The van der Waals surface area contributed by atoms with Crippen molar-refractivity contribution < 1.29 is 4.79 Å². The summed E-state index contributed by atoms with van der Waals surface area (Å²) in [5, 5.41) is 2.98. The van der Waals surface area contributed by atoms with E-state index >= 15 is 0 Å². The van der Waals surface area contributed by atoms with Gasteiger partial charge in [0, 0.05) is 17.3 Å². The maximum absolute atomic E-state index is 12.2. The van der Waals surface area contributed by atoms with Crippen molar-refractivity contribution in [2.75, 3.05) is 5.73 Å². The first kappa shape index (κ1) is 14.1. The smallest absolute Gasteiger partial charge is 0.251 e.